The molecule has 4 heteroatoms. The van der Waals surface area contributed by atoms with Gasteiger partial charge in [-0.25, -0.2) is 0 Å². The van der Waals surface area contributed by atoms with Crippen LogP contribution in [-0.4, -0.2) is 34.8 Å². The first-order valence-corrected chi connectivity index (χ1v) is 7.03. The van der Waals surface area contributed by atoms with Crippen LogP contribution in [0, 0.1) is 0 Å². The Bertz CT molecular complexity index is 313. The van der Waals surface area contributed by atoms with Gasteiger partial charge in [0, 0.05) is 6.54 Å². The Labute approximate surface area is 110 Å². The van der Waals surface area contributed by atoms with E-state index < -0.39 is 5.54 Å². The van der Waals surface area contributed by atoms with Gasteiger partial charge in [-0.2, -0.15) is 0 Å². The Balaban J connectivity index is 2.54. The van der Waals surface area contributed by atoms with E-state index in [1.807, 2.05) is 13.8 Å². The van der Waals surface area contributed by atoms with E-state index in [-0.39, 0.29) is 17.9 Å². The van der Waals surface area contributed by atoms with Gasteiger partial charge in [0.05, 0.1) is 0 Å². The molecule has 1 atom stereocenters. The van der Waals surface area contributed by atoms with Gasteiger partial charge in [0.2, 0.25) is 11.8 Å². The van der Waals surface area contributed by atoms with Crippen molar-refractivity contribution < 1.29 is 9.59 Å². The Morgan fingerprint density at radius 2 is 1.78 bits per heavy atom. The third-order valence-electron chi connectivity index (χ3n) is 3.70. The lowest BCUT2D eigenvalue weighted by Crippen LogP contribution is -2.67. The van der Waals surface area contributed by atoms with Crippen molar-refractivity contribution in [1.82, 2.24) is 10.2 Å². The molecule has 0 aromatic rings. The highest BCUT2D eigenvalue weighted by atomic mass is 16.2. The molecule has 0 aromatic heterocycles. The summed E-state index contributed by atoms with van der Waals surface area (Å²) in [6.07, 6.45) is 5.78. The van der Waals surface area contributed by atoms with Crippen LogP contribution in [-0.2, 0) is 9.59 Å². The van der Waals surface area contributed by atoms with Gasteiger partial charge in [0.1, 0.15) is 11.6 Å². The number of unbranched alkanes of at least 4 members (excludes halogenated alkanes) is 4. The van der Waals surface area contributed by atoms with Crippen molar-refractivity contribution in [2.75, 3.05) is 6.54 Å². The second-order valence-corrected chi connectivity index (χ2v) is 5.66. The Morgan fingerprint density at radius 3 is 2.39 bits per heavy atom. The Hall–Kier alpha value is -1.06. The SMILES string of the molecule is CCCCCCCN1C(=O)C(C)NC(=O)C1(C)C. The quantitative estimate of drug-likeness (QED) is 0.738. The molecule has 1 saturated heterocycles. The minimum absolute atomic E-state index is 0.0371. The minimum atomic E-state index is -0.714. The lowest BCUT2D eigenvalue weighted by Gasteiger charge is -2.43. The molecule has 104 valence electrons. The maximum Gasteiger partial charge on any atom is 0.246 e. The third kappa shape index (κ3) is 3.24. The molecular weight excluding hydrogens is 228 g/mol. The van der Waals surface area contributed by atoms with Crippen molar-refractivity contribution in [3.8, 4) is 0 Å². The second-order valence-electron chi connectivity index (χ2n) is 5.66. The van der Waals surface area contributed by atoms with Gasteiger partial charge in [-0.15, -0.1) is 0 Å². The number of nitrogens with one attached hydrogen (secondary N) is 1. The fourth-order valence-electron chi connectivity index (χ4n) is 2.33. The highest BCUT2D eigenvalue weighted by molar-refractivity contribution is 5.99. The van der Waals surface area contributed by atoms with Crippen LogP contribution in [0.5, 0.6) is 0 Å². The average Bonchev–Trinajstić information content (AvgIpc) is 2.30. The predicted octanol–water partition coefficient (Wildman–Crippen LogP) is 2.08. The zero-order valence-electron chi connectivity index (χ0n) is 12.1. The number of amides is 2. The molecule has 18 heavy (non-hydrogen) atoms. The molecule has 2 amide bonds. The van der Waals surface area contributed by atoms with E-state index in [0.717, 1.165) is 12.8 Å². The van der Waals surface area contributed by atoms with E-state index in [9.17, 15) is 9.59 Å². The summed E-state index contributed by atoms with van der Waals surface area (Å²) in [6.45, 7) is 8.26. The number of hydrogen-bond acceptors (Lipinski definition) is 2. The molecule has 0 aliphatic carbocycles. The molecule has 0 aromatic carbocycles. The summed E-state index contributed by atoms with van der Waals surface area (Å²) in [4.78, 5) is 25.8. The van der Waals surface area contributed by atoms with Crippen LogP contribution in [0.2, 0.25) is 0 Å². The van der Waals surface area contributed by atoms with E-state index in [1.165, 1.54) is 19.3 Å². The number of rotatable bonds is 6. The smallest absolute Gasteiger partial charge is 0.246 e. The number of piperazine rings is 1. The van der Waals surface area contributed by atoms with Crippen LogP contribution in [0.3, 0.4) is 0 Å². The molecule has 1 aliphatic heterocycles. The normalized spacial score (nSPS) is 23.1. The van der Waals surface area contributed by atoms with E-state index in [1.54, 1.807) is 11.8 Å². The maximum atomic E-state index is 12.1. The van der Waals surface area contributed by atoms with Gasteiger partial charge >= 0.3 is 0 Å². The molecule has 0 saturated carbocycles. The monoisotopic (exact) mass is 254 g/mol. The molecular formula is C14H26N2O2. The molecule has 0 radical (unpaired) electrons. The zero-order chi connectivity index (χ0) is 13.8. The summed E-state index contributed by atoms with van der Waals surface area (Å²) in [6, 6.07) is -0.388. The van der Waals surface area contributed by atoms with Crippen LogP contribution in [0.4, 0.5) is 0 Å². The first kappa shape index (κ1) is 15.0. The van der Waals surface area contributed by atoms with Gasteiger partial charge in [-0.1, -0.05) is 32.6 Å². The zero-order valence-corrected chi connectivity index (χ0v) is 12.1. The van der Waals surface area contributed by atoms with Crippen molar-refractivity contribution in [2.24, 2.45) is 0 Å². The predicted molar refractivity (Wildman–Crippen MR) is 72.2 cm³/mol. The average molecular weight is 254 g/mol. The highest BCUT2D eigenvalue weighted by Gasteiger charge is 2.44. The number of hydrogen-bond donors (Lipinski definition) is 1. The molecule has 0 spiro atoms. The van der Waals surface area contributed by atoms with Crippen LogP contribution >= 0.6 is 0 Å². The van der Waals surface area contributed by atoms with Gasteiger partial charge in [0.15, 0.2) is 0 Å². The van der Waals surface area contributed by atoms with Crippen LogP contribution in [0.25, 0.3) is 0 Å². The molecule has 1 unspecified atom stereocenters. The molecule has 4 nitrogen and oxygen atoms in total. The van der Waals surface area contributed by atoms with Crippen LogP contribution in [0.15, 0.2) is 0 Å². The first-order valence-electron chi connectivity index (χ1n) is 7.03. The molecule has 1 fully saturated rings. The van der Waals surface area contributed by atoms with Gasteiger partial charge in [0.25, 0.3) is 0 Å². The number of carbonyl (C=O) groups excluding carboxylic acids is 2. The fourth-order valence-corrected chi connectivity index (χ4v) is 2.33. The summed E-state index contributed by atoms with van der Waals surface area (Å²) >= 11 is 0. The summed E-state index contributed by atoms with van der Waals surface area (Å²) in [5.41, 5.74) is -0.714. The lowest BCUT2D eigenvalue weighted by molar-refractivity contribution is -0.154. The second kappa shape index (κ2) is 6.21. The Kier molecular flexibility index (Phi) is 5.17. The lowest BCUT2D eigenvalue weighted by atomic mass is 9.95. The minimum Gasteiger partial charge on any atom is -0.343 e. The summed E-state index contributed by atoms with van der Waals surface area (Å²) < 4.78 is 0. The van der Waals surface area contributed by atoms with Gasteiger partial charge in [-0.3, -0.25) is 9.59 Å². The van der Waals surface area contributed by atoms with E-state index in [4.69, 9.17) is 0 Å². The topological polar surface area (TPSA) is 49.4 Å². The van der Waals surface area contributed by atoms with Crippen LogP contribution < -0.4 is 5.32 Å². The molecule has 0 bridgehead atoms. The number of carbonyl (C=O) groups is 2. The summed E-state index contributed by atoms with van der Waals surface area (Å²) in [5.74, 6) is -0.0155. The van der Waals surface area contributed by atoms with Crippen molar-refractivity contribution in [2.45, 2.75) is 71.4 Å². The third-order valence-corrected chi connectivity index (χ3v) is 3.70. The van der Waals surface area contributed by atoms with Crippen molar-refractivity contribution in [3.05, 3.63) is 0 Å². The summed E-state index contributed by atoms with van der Waals surface area (Å²) in [7, 11) is 0. The maximum absolute atomic E-state index is 12.1. The van der Waals surface area contributed by atoms with Crippen molar-refractivity contribution in [1.29, 1.82) is 0 Å². The van der Waals surface area contributed by atoms with Crippen LogP contribution in [0.1, 0.15) is 59.8 Å². The molecule has 1 heterocycles. The highest BCUT2D eigenvalue weighted by Crippen LogP contribution is 2.21. The fraction of sp³-hybridized carbons (Fsp3) is 0.857. The number of nitrogens with zero attached hydrogens (tertiary/aromatic N) is 1. The van der Waals surface area contributed by atoms with Crippen molar-refractivity contribution in [3.63, 3.8) is 0 Å². The van der Waals surface area contributed by atoms with Crippen molar-refractivity contribution >= 4 is 11.8 Å². The largest absolute Gasteiger partial charge is 0.343 e. The Morgan fingerprint density at radius 1 is 1.17 bits per heavy atom. The van der Waals surface area contributed by atoms with Gasteiger partial charge < -0.3 is 10.2 Å². The first-order chi connectivity index (χ1) is 8.41. The molecule has 1 aliphatic rings. The standard InChI is InChI=1S/C14H26N2O2/c1-5-6-7-8-9-10-16-12(17)11(2)15-13(18)14(16,3)4/h11H,5-10H2,1-4H3,(H,15,18). The molecule has 1 rings (SSSR count). The van der Waals surface area contributed by atoms with Gasteiger partial charge in [-0.05, 0) is 27.2 Å². The van der Waals surface area contributed by atoms with E-state index in [0.29, 0.717) is 6.54 Å². The summed E-state index contributed by atoms with van der Waals surface area (Å²) in [5, 5.41) is 2.73. The van der Waals surface area contributed by atoms with E-state index in [2.05, 4.69) is 12.2 Å². The van der Waals surface area contributed by atoms with E-state index >= 15 is 0 Å². The molecule has 1 N–H and O–H groups in total.